The summed E-state index contributed by atoms with van der Waals surface area (Å²) in [6, 6.07) is 0. The highest BCUT2D eigenvalue weighted by atomic mass is 32.2. The Morgan fingerprint density at radius 3 is 3.00 bits per heavy atom. The molecule has 5 nitrogen and oxygen atoms in total. The molecule has 0 bridgehead atoms. The average Bonchev–Trinajstić information content (AvgIpc) is 2.92. The molecule has 0 saturated carbocycles. The fraction of sp³-hybridized carbons (Fsp3) is 0.500. The van der Waals surface area contributed by atoms with Crippen LogP contribution in [0.5, 0.6) is 0 Å². The summed E-state index contributed by atoms with van der Waals surface area (Å²) in [7, 11) is 1.60. The summed E-state index contributed by atoms with van der Waals surface area (Å²) in [4.78, 5) is 25.1. The van der Waals surface area contributed by atoms with Crippen LogP contribution in [0.2, 0.25) is 0 Å². The zero-order chi connectivity index (χ0) is 13.1. The third kappa shape index (κ3) is 2.38. The summed E-state index contributed by atoms with van der Waals surface area (Å²) in [5.74, 6) is 0.381. The van der Waals surface area contributed by atoms with Gasteiger partial charge in [-0.1, -0.05) is 0 Å². The average molecular weight is 268 g/mol. The topological polar surface area (TPSA) is 58.6 Å². The first-order valence-electron chi connectivity index (χ1n) is 5.90. The van der Waals surface area contributed by atoms with Gasteiger partial charge in [-0.2, -0.15) is 0 Å². The summed E-state index contributed by atoms with van der Waals surface area (Å²) in [6.07, 6.45) is 2.28. The lowest BCUT2D eigenvalue weighted by molar-refractivity contribution is -0.138. The van der Waals surface area contributed by atoms with Crippen LogP contribution in [-0.2, 0) is 14.3 Å². The number of likely N-dealkylation sites (N-methyl/N-ethyl adjacent to an activating group) is 1. The Labute approximate surface area is 110 Å². The van der Waals surface area contributed by atoms with E-state index in [1.54, 1.807) is 31.8 Å². The molecule has 2 rings (SSSR count). The molecule has 0 spiro atoms. The summed E-state index contributed by atoms with van der Waals surface area (Å²) in [6.45, 7) is 2.94. The molecule has 0 unspecified atom stereocenters. The van der Waals surface area contributed by atoms with Gasteiger partial charge >= 0.3 is 5.97 Å². The van der Waals surface area contributed by atoms with Crippen LogP contribution in [0.1, 0.15) is 13.3 Å². The molecule has 6 heteroatoms. The van der Waals surface area contributed by atoms with Crippen molar-refractivity contribution in [1.29, 1.82) is 0 Å². The van der Waals surface area contributed by atoms with E-state index in [4.69, 9.17) is 4.74 Å². The molecule has 18 heavy (non-hydrogen) atoms. The number of hydrogen-bond acceptors (Lipinski definition) is 5. The molecule has 2 aliphatic rings. The second kappa shape index (κ2) is 5.48. The monoisotopic (exact) mass is 268 g/mol. The minimum atomic E-state index is -0.233. The van der Waals surface area contributed by atoms with Crippen LogP contribution >= 0.6 is 11.8 Å². The van der Waals surface area contributed by atoms with E-state index in [1.165, 1.54) is 0 Å². The Bertz CT molecular complexity index is 443. The van der Waals surface area contributed by atoms with E-state index in [1.807, 2.05) is 4.90 Å². The number of carbonyl (C=O) groups is 2. The predicted molar refractivity (Wildman–Crippen MR) is 69.6 cm³/mol. The first-order chi connectivity index (χ1) is 8.67. The zero-order valence-electron chi connectivity index (χ0n) is 10.5. The number of thioether (sulfide) groups is 1. The Balaban J connectivity index is 2.18. The minimum absolute atomic E-state index is 0.114. The normalized spacial score (nSPS) is 20.3. The van der Waals surface area contributed by atoms with Gasteiger partial charge in [0.2, 0.25) is 5.91 Å². The second-order valence-corrected chi connectivity index (χ2v) is 4.91. The molecule has 2 heterocycles. The van der Waals surface area contributed by atoms with Crippen LogP contribution in [-0.4, -0.2) is 42.7 Å². The van der Waals surface area contributed by atoms with Crippen molar-refractivity contribution in [2.75, 3.05) is 26.0 Å². The summed E-state index contributed by atoms with van der Waals surface area (Å²) in [5, 5.41) is 3.51. The van der Waals surface area contributed by atoms with Crippen LogP contribution in [0.3, 0.4) is 0 Å². The van der Waals surface area contributed by atoms with Crippen LogP contribution in [0, 0.1) is 0 Å². The van der Waals surface area contributed by atoms with E-state index in [0.717, 1.165) is 28.6 Å². The van der Waals surface area contributed by atoms with Crippen molar-refractivity contribution in [2.45, 2.75) is 13.3 Å². The summed E-state index contributed by atoms with van der Waals surface area (Å²) in [5.41, 5.74) is 1.69. The molecule has 0 atom stereocenters. The summed E-state index contributed by atoms with van der Waals surface area (Å²) < 4.78 is 5.04. The van der Waals surface area contributed by atoms with Crippen LogP contribution in [0.4, 0.5) is 0 Å². The lowest BCUT2D eigenvalue weighted by atomic mass is 10.2. The second-order valence-electron chi connectivity index (χ2n) is 3.94. The van der Waals surface area contributed by atoms with Crippen molar-refractivity contribution in [3.63, 3.8) is 0 Å². The van der Waals surface area contributed by atoms with Gasteiger partial charge in [0.25, 0.3) is 0 Å². The van der Waals surface area contributed by atoms with E-state index >= 15 is 0 Å². The van der Waals surface area contributed by atoms with Crippen LogP contribution < -0.4 is 5.32 Å². The first kappa shape index (κ1) is 13.0. The molecule has 0 aromatic rings. The lowest BCUT2D eigenvalue weighted by Crippen LogP contribution is -2.19. The highest BCUT2D eigenvalue weighted by Crippen LogP contribution is 2.42. The SMILES string of the molecule is CCOC(=O)C1=C2SCC(=CC(=O)NC)N2CC1. The Morgan fingerprint density at radius 2 is 2.33 bits per heavy atom. The number of nitrogens with zero attached hydrogens (tertiary/aromatic N) is 1. The van der Waals surface area contributed by atoms with Gasteiger partial charge in [0, 0.05) is 37.5 Å². The molecule has 0 aromatic heterocycles. The highest BCUT2D eigenvalue weighted by Gasteiger charge is 2.34. The maximum Gasteiger partial charge on any atom is 0.336 e. The highest BCUT2D eigenvalue weighted by molar-refractivity contribution is 8.03. The Kier molecular flexibility index (Phi) is 3.96. The fourth-order valence-electron chi connectivity index (χ4n) is 2.00. The van der Waals surface area contributed by atoms with Crippen LogP contribution in [0.15, 0.2) is 22.4 Å². The van der Waals surface area contributed by atoms with Crippen molar-refractivity contribution in [3.8, 4) is 0 Å². The van der Waals surface area contributed by atoms with E-state index in [9.17, 15) is 9.59 Å². The molecule has 0 aromatic carbocycles. The zero-order valence-corrected chi connectivity index (χ0v) is 11.3. The van der Waals surface area contributed by atoms with Gasteiger partial charge in [0.15, 0.2) is 0 Å². The lowest BCUT2D eigenvalue weighted by Gasteiger charge is -2.14. The van der Waals surface area contributed by atoms with Gasteiger partial charge in [0.05, 0.1) is 17.2 Å². The van der Waals surface area contributed by atoms with Gasteiger partial charge in [0.1, 0.15) is 0 Å². The standard InChI is InChI=1S/C12H16N2O3S/c1-3-17-12(16)9-4-5-14-8(6-10(15)13-2)7-18-11(9)14/h6H,3-5,7H2,1-2H3,(H,13,15). The van der Waals surface area contributed by atoms with Gasteiger partial charge in [-0.25, -0.2) is 4.79 Å². The third-order valence-electron chi connectivity index (χ3n) is 2.86. The van der Waals surface area contributed by atoms with E-state index in [-0.39, 0.29) is 11.9 Å². The van der Waals surface area contributed by atoms with Gasteiger partial charge in [-0.15, -0.1) is 11.8 Å². The maximum absolute atomic E-state index is 11.8. The third-order valence-corrected chi connectivity index (χ3v) is 4.04. The molecule has 2 aliphatic heterocycles. The number of fused-ring (bicyclic) bond motifs is 1. The van der Waals surface area contributed by atoms with Crippen LogP contribution in [0.25, 0.3) is 0 Å². The number of hydrogen-bond donors (Lipinski definition) is 1. The number of ether oxygens (including phenoxy) is 1. The number of rotatable bonds is 3. The van der Waals surface area contributed by atoms with Crippen molar-refractivity contribution in [3.05, 3.63) is 22.4 Å². The first-order valence-corrected chi connectivity index (χ1v) is 6.88. The molecule has 0 radical (unpaired) electrons. The molecule has 1 amide bonds. The molecule has 0 aliphatic carbocycles. The minimum Gasteiger partial charge on any atom is -0.463 e. The molecular formula is C12H16N2O3S. The largest absolute Gasteiger partial charge is 0.463 e. The maximum atomic E-state index is 11.8. The molecule has 1 fully saturated rings. The molecular weight excluding hydrogens is 252 g/mol. The van der Waals surface area contributed by atoms with Gasteiger partial charge in [-0.3, -0.25) is 4.79 Å². The van der Waals surface area contributed by atoms with Crippen molar-refractivity contribution < 1.29 is 14.3 Å². The smallest absolute Gasteiger partial charge is 0.336 e. The number of carbonyl (C=O) groups excluding carboxylic acids is 2. The van der Waals surface area contributed by atoms with E-state index in [0.29, 0.717) is 13.0 Å². The van der Waals surface area contributed by atoms with Gasteiger partial charge < -0.3 is 15.0 Å². The Morgan fingerprint density at radius 1 is 1.56 bits per heavy atom. The molecule has 1 N–H and O–H groups in total. The quantitative estimate of drug-likeness (QED) is 0.607. The van der Waals surface area contributed by atoms with E-state index in [2.05, 4.69) is 5.32 Å². The van der Waals surface area contributed by atoms with Crippen molar-refractivity contribution >= 4 is 23.6 Å². The number of esters is 1. The van der Waals surface area contributed by atoms with Crippen molar-refractivity contribution in [2.24, 2.45) is 0 Å². The molecule has 1 saturated heterocycles. The number of nitrogens with one attached hydrogen (secondary N) is 1. The van der Waals surface area contributed by atoms with Gasteiger partial charge in [-0.05, 0) is 6.92 Å². The summed E-state index contributed by atoms with van der Waals surface area (Å²) >= 11 is 1.59. The predicted octanol–water partition coefficient (Wildman–Crippen LogP) is 0.843. The Hall–Kier alpha value is -1.43. The molecule has 98 valence electrons. The fourth-order valence-corrected chi connectivity index (χ4v) is 3.25. The van der Waals surface area contributed by atoms with E-state index < -0.39 is 0 Å². The van der Waals surface area contributed by atoms with Crippen molar-refractivity contribution in [1.82, 2.24) is 10.2 Å². The number of amides is 1.